The zero-order valence-electron chi connectivity index (χ0n) is 9.23. The molecule has 0 radical (unpaired) electrons. The SMILES string of the molecule is NCc1csc(CCOc2ccc(F)cc2)n1. The average Bonchev–Trinajstić information content (AvgIpc) is 2.80. The topological polar surface area (TPSA) is 48.1 Å². The molecular formula is C12H13FN2OS. The summed E-state index contributed by atoms with van der Waals surface area (Å²) >= 11 is 1.58. The molecule has 0 fully saturated rings. The molecule has 90 valence electrons. The lowest BCUT2D eigenvalue weighted by atomic mass is 10.3. The number of benzene rings is 1. The second-order valence-corrected chi connectivity index (χ2v) is 4.43. The molecule has 1 aromatic carbocycles. The average molecular weight is 252 g/mol. The van der Waals surface area contributed by atoms with Gasteiger partial charge in [0.25, 0.3) is 0 Å². The maximum atomic E-state index is 12.6. The Balaban J connectivity index is 1.81. The second kappa shape index (κ2) is 5.75. The number of ether oxygens (including phenoxy) is 1. The van der Waals surface area contributed by atoms with Crippen molar-refractivity contribution in [2.45, 2.75) is 13.0 Å². The quantitative estimate of drug-likeness (QED) is 0.888. The van der Waals surface area contributed by atoms with Gasteiger partial charge in [-0.1, -0.05) is 0 Å². The fraction of sp³-hybridized carbons (Fsp3) is 0.250. The predicted octanol–water partition coefficient (Wildman–Crippen LogP) is 2.36. The standard InChI is InChI=1S/C12H13FN2OS/c13-9-1-3-11(4-2-9)16-6-5-12-15-10(7-14)8-17-12/h1-4,8H,5-7,14H2. The Hall–Kier alpha value is -1.46. The van der Waals surface area contributed by atoms with Gasteiger partial charge in [0, 0.05) is 18.3 Å². The Morgan fingerprint density at radius 2 is 2.06 bits per heavy atom. The highest BCUT2D eigenvalue weighted by atomic mass is 32.1. The largest absolute Gasteiger partial charge is 0.493 e. The van der Waals surface area contributed by atoms with Gasteiger partial charge in [0.15, 0.2) is 0 Å². The Kier molecular flexibility index (Phi) is 4.06. The smallest absolute Gasteiger partial charge is 0.123 e. The molecule has 0 saturated heterocycles. The lowest BCUT2D eigenvalue weighted by Gasteiger charge is -2.04. The maximum absolute atomic E-state index is 12.6. The van der Waals surface area contributed by atoms with E-state index in [0.717, 1.165) is 17.1 Å². The van der Waals surface area contributed by atoms with Crippen LogP contribution in [0.2, 0.25) is 0 Å². The van der Waals surface area contributed by atoms with Gasteiger partial charge in [-0.3, -0.25) is 0 Å². The molecule has 0 aliphatic carbocycles. The molecule has 0 bridgehead atoms. The van der Waals surface area contributed by atoms with E-state index in [2.05, 4.69) is 4.98 Å². The summed E-state index contributed by atoms with van der Waals surface area (Å²) in [6.45, 7) is 0.998. The first kappa shape index (κ1) is 12.0. The van der Waals surface area contributed by atoms with E-state index < -0.39 is 0 Å². The molecule has 1 heterocycles. The lowest BCUT2D eigenvalue weighted by Crippen LogP contribution is -2.02. The van der Waals surface area contributed by atoms with Crippen LogP contribution in [0.1, 0.15) is 10.7 Å². The van der Waals surface area contributed by atoms with Gasteiger partial charge in [-0.25, -0.2) is 9.37 Å². The maximum Gasteiger partial charge on any atom is 0.123 e. The first-order valence-electron chi connectivity index (χ1n) is 5.29. The van der Waals surface area contributed by atoms with Crippen LogP contribution in [0.4, 0.5) is 4.39 Å². The Bertz CT molecular complexity index is 470. The van der Waals surface area contributed by atoms with Crippen molar-refractivity contribution in [2.75, 3.05) is 6.61 Å². The molecule has 0 aliphatic rings. The van der Waals surface area contributed by atoms with Crippen LogP contribution in [0.3, 0.4) is 0 Å². The number of nitrogens with zero attached hydrogens (tertiary/aromatic N) is 1. The number of hydrogen-bond donors (Lipinski definition) is 1. The summed E-state index contributed by atoms with van der Waals surface area (Å²) in [6.07, 6.45) is 0.738. The molecule has 5 heteroatoms. The number of rotatable bonds is 5. The highest BCUT2D eigenvalue weighted by molar-refractivity contribution is 7.09. The summed E-state index contributed by atoms with van der Waals surface area (Å²) in [5.41, 5.74) is 6.38. The van der Waals surface area contributed by atoms with Crippen LogP contribution in [0.5, 0.6) is 5.75 Å². The summed E-state index contributed by atoms with van der Waals surface area (Å²) in [4.78, 5) is 4.33. The summed E-state index contributed by atoms with van der Waals surface area (Å²) in [5.74, 6) is 0.409. The zero-order chi connectivity index (χ0) is 12.1. The summed E-state index contributed by atoms with van der Waals surface area (Å²) < 4.78 is 18.1. The van der Waals surface area contributed by atoms with Gasteiger partial charge >= 0.3 is 0 Å². The molecule has 0 unspecified atom stereocenters. The number of hydrogen-bond acceptors (Lipinski definition) is 4. The number of thiazole rings is 1. The molecule has 17 heavy (non-hydrogen) atoms. The van der Waals surface area contributed by atoms with Crippen molar-refractivity contribution in [3.05, 3.63) is 46.2 Å². The Morgan fingerprint density at radius 3 is 2.71 bits per heavy atom. The van der Waals surface area contributed by atoms with Crippen molar-refractivity contribution in [2.24, 2.45) is 5.73 Å². The first-order chi connectivity index (χ1) is 8.28. The van der Waals surface area contributed by atoms with E-state index in [0.29, 0.717) is 18.9 Å². The summed E-state index contributed by atoms with van der Waals surface area (Å²) in [5, 5.41) is 2.96. The molecule has 0 amide bonds. The number of nitrogens with two attached hydrogens (primary N) is 1. The third-order valence-electron chi connectivity index (χ3n) is 2.21. The monoisotopic (exact) mass is 252 g/mol. The van der Waals surface area contributed by atoms with Crippen LogP contribution in [-0.2, 0) is 13.0 Å². The molecule has 2 N–H and O–H groups in total. The van der Waals surface area contributed by atoms with Gasteiger partial charge in [-0.05, 0) is 24.3 Å². The fourth-order valence-electron chi connectivity index (χ4n) is 1.34. The molecular weight excluding hydrogens is 239 g/mol. The van der Waals surface area contributed by atoms with E-state index >= 15 is 0 Å². The van der Waals surface area contributed by atoms with Crippen molar-refractivity contribution < 1.29 is 9.13 Å². The van der Waals surface area contributed by atoms with Crippen LogP contribution in [0, 0.1) is 5.82 Å². The van der Waals surface area contributed by atoms with E-state index in [4.69, 9.17) is 10.5 Å². The Labute approximate surface area is 103 Å². The van der Waals surface area contributed by atoms with Crippen LogP contribution in [0.15, 0.2) is 29.6 Å². The van der Waals surface area contributed by atoms with Crippen LogP contribution >= 0.6 is 11.3 Å². The normalized spacial score (nSPS) is 10.5. The van der Waals surface area contributed by atoms with E-state index in [9.17, 15) is 4.39 Å². The molecule has 2 aromatic rings. The van der Waals surface area contributed by atoms with Crippen LogP contribution in [-0.4, -0.2) is 11.6 Å². The van der Waals surface area contributed by atoms with E-state index in [1.54, 1.807) is 23.5 Å². The van der Waals surface area contributed by atoms with Gasteiger partial charge in [0.2, 0.25) is 0 Å². The van der Waals surface area contributed by atoms with Crippen molar-refractivity contribution >= 4 is 11.3 Å². The fourth-order valence-corrected chi connectivity index (χ4v) is 2.14. The highest BCUT2D eigenvalue weighted by Crippen LogP contribution is 2.13. The predicted molar refractivity (Wildman–Crippen MR) is 65.6 cm³/mol. The van der Waals surface area contributed by atoms with E-state index in [1.807, 2.05) is 5.38 Å². The molecule has 0 saturated carbocycles. The Morgan fingerprint density at radius 1 is 1.29 bits per heavy atom. The first-order valence-corrected chi connectivity index (χ1v) is 6.17. The molecule has 2 rings (SSSR count). The number of aromatic nitrogens is 1. The van der Waals surface area contributed by atoms with Gasteiger partial charge in [-0.2, -0.15) is 0 Å². The molecule has 1 aromatic heterocycles. The van der Waals surface area contributed by atoms with Gasteiger partial charge < -0.3 is 10.5 Å². The summed E-state index contributed by atoms with van der Waals surface area (Å²) in [6, 6.07) is 5.99. The van der Waals surface area contributed by atoms with E-state index in [1.165, 1.54) is 12.1 Å². The molecule has 0 aliphatic heterocycles. The van der Waals surface area contributed by atoms with Crippen LogP contribution in [0.25, 0.3) is 0 Å². The molecule has 3 nitrogen and oxygen atoms in total. The van der Waals surface area contributed by atoms with Crippen LogP contribution < -0.4 is 10.5 Å². The number of halogens is 1. The molecule has 0 atom stereocenters. The third kappa shape index (κ3) is 3.51. The van der Waals surface area contributed by atoms with Crippen molar-refractivity contribution in [1.82, 2.24) is 4.98 Å². The van der Waals surface area contributed by atoms with Gasteiger partial charge in [-0.15, -0.1) is 11.3 Å². The lowest BCUT2D eigenvalue weighted by molar-refractivity contribution is 0.321. The second-order valence-electron chi connectivity index (χ2n) is 3.49. The summed E-state index contributed by atoms with van der Waals surface area (Å²) in [7, 11) is 0. The minimum absolute atomic E-state index is 0.259. The van der Waals surface area contributed by atoms with E-state index in [-0.39, 0.29) is 5.82 Å². The minimum Gasteiger partial charge on any atom is -0.493 e. The van der Waals surface area contributed by atoms with Gasteiger partial charge in [0.1, 0.15) is 11.6 Å². The minimum atomic E-state index is -0.259. The van der Waals surface area contributed by atoms with Crippen molar-refractivity contribution in [3.8, 4) is 5.75 Å². The molecule has 0 spiro atoms. The third-order valence-corrected chi connectivity index (χ3v) is 3.16. The van der Waals surface area contributed by atoms with Crippen molar-refractivity contribution in [1.29, 1.82) is 0 Å². The van der Waals surface area contributed by atoms with Gasteiger partial charge in [0.05, 0.1) is 17.3 Å². The zero-order valence-corrected chi connectivity index (χ0v) is 10.0. The van der Waals surface area contributed by atoms with Crippen molar-refractivity contribution in [3.63, 3.8) is 0 Å². The highest BCUT2D eigenvalue weighted by Gasteiger charge is 2.01.